The molecule has 1 aromatic rings. The third-order valence-electron chi connectivity index (χ3n) is 5.39. The zero-order chi connectivity index (χ0) is 18.7. The molecule has 0 atom stereocenters. The second-order valence-corrected chi connectivity index (χ2v) is 7.61. The van der Waals surface area contributed by atoms with E-state index in [-0.39, 0.29) is 0 Å². The Hall–Kier alpha value is -1.59. The summed E-state index contributed by atoms with van der Waals surface area (Å²) in [5, 5.41) is 6.98. The maximum absolute atomic E-state index is 6.00. The molecule has 0 aromatic heterocycles. The molecule has 5 nitrogen and oxygen atoms in total. The average molecular weight is 374 g/mol. The molecule has 3 rings (SSSR count). The van der Waals surface area contributed by atoms with Gasteiger partial charge in [0.2, 0.25) is 0 Å². The Balaban J connectivity index is 1.47. The van der Waals surface area contributed by atoms with Crippen LogP contribution in [0.15, 0.2) is 29.3 Å². The van der Waals surface area contributed by atoms with Crippen LogP contribution < -0.4 is 10.6 Å². The SMILES string of the molecule is CCNC(=NCc1ccc(COC2CCOCC2)cc1)NC1CCCCC1. The minimum atomic E-state index is 0.344. The van der Waals surface area contributed by atoms with E-state index < -0.39 is 0 Å². The van der Waals surface area contributed by atoms with Crippen molar-refractivity contribution in [2.24, 2.45) is 4.99 Å². The van der Waals surface area contributed by atoms with Gasteiger partial charge in [-0.05, 0) is 43.7 Å². The predicted molar refractivity (Wildman–Crippen MR) is 110 cm³/mol. The Bertz CT molecular complexity index is 561. The number of hydrogen-bond acceptors (Lipinski definition) is 3. The summed E-state index contributed by atoms with van der Waals surface area (Å²) in [6, 6.07) is 9.21. The second-order valence-electron chi connectivity index (χ2n) is 7.61. The van der Waals surface area contributed by atoms with Crippen molar-refractivity contribution in [1.82, 2.24) is 10.6 Å². The van der Waals surface area contributed by atoms with E-state index in [1.807, 2.05) is 0 Å². The van der Waals surface area contributed by atoms with Crippen LogP contribution in [0.25, 0.3) is 0 Å². The highest BCUT2D eigenvalue weighted by Gasteiger charge is 2.15. The van der Waals surface area contributed by atoms with Gasteiger partial charge in [0.15, 0.2) is 5.96 Å². The average Bonchev–Trinajstić information content (AvgIpc) is 2.73. The molecule has 0 spiro atoms. The molecular weight excluding hydrogens is 338 g/mol. The van der Waals surface area contributed by atoms with Gasteiger partial charge in [-0.15, -0.1) is 0 Å². The van der Waals surface area contributed by atoms with Crippen LogP contribution in [0.2, 0.25) is 0 Å². The summed E-state index contributed by atoms with van der Waals surface area (Å²) in [6.07, 6.45) is 8.90. The molecule has 1 aliphatic carbocycles. The zero-order valence-electron chi connectivity index (χ0n) is 16.7. The summed E-state index contributed by atoms with van der Waals surface area (Å²) in [5.74, 6) is 0.941. The largest absolute Gasteiger partial charge is 0.381 e. The molecule has 27 heavy (non-hydrogen) atoms. The first-order chi connectivity index (χ1) is 13.3. The van der Waals surface area contributed by atoms with E-state index in [0.29, 0.717) is 25.3 Å². The van der Waals surface area contributed by atoms with Gasteiger partial charge in [0.1, 0.15) is 0 Å². The van der Waals surface area contributed by atoms with Crippen molar-refractivity contribution in [1.29, 1.82) is 0 Å². The first kappa shape index (κ1) is 20.2. The molecule has 150 valence electrons. The fourth-order valence-electron chi connectivity index (χ4n) is 3.73. The Morgan fingerprint density at radius 1 is 1.04 bits per heavy atom. The summed E-state index contributed by atoms with van der Waals surface area (Å²) in [5.41, 5.74) is 2.45. The van der Waals surface area contributed by atoms with Gasteiger partial charge < -0.3 is 20.1 Å². The third-order valence-corrected chi connectivity index (χ3v) is 5.39. The number of nitrogens with one attached hydrogen (secondary N) is 2. The maximum atomic E-state index is 6.00. The molecule has 1 saturated carbocycles. The molecule has 1 heterocycles. The molecule has 1 aromatic carbocycles. The summed E-state index contributed by atoms with van der Waals surface area (Å²) in [4.78, 5) is 4.78. The van der Waals surface area contributed by atoms with Gasteiger partial charge in [0, 0.05) is 25.8 Å². The van der Waals surface area contributed by atoms with Gasteiger partial charge in [0.25, 0.3) is 0 Å². The molecule has 1 aliphatic heterocycles. The lowest BCUT2D eigenvalue weighted by Crippen LogP contribution is -2.44. The summed E-state index contributed by atoms with van der Waals surface area (Å²) in [6.45, 7) is 6.03. The molecule has 2 aliphatic rings. The van der Waals surface area contributed by atoms with Crippen LogP contribution >= 0.6 is 0 Å². The van der Waals surface area contributed by atoms with Crippen LogP contribution in [0.1, 0.15) is 63.0 Å². The van der Waals surface area contributed by atoms with Gasteiger partial charge in [0.05, 0.1) is 19.3 Å². The summed E-state index contributed by atoms with van der Waals surface area (Å²) < 4.78 is 11.4. The fourth-order valence-corrected chi connectivity index (χ4v) is 3.73. The van der Waals surface area contributed by atoms with Crippen molar-refractivity contribution < 1.29 is 9.47 Å². The number of hydrogen-bond donors (Lipinski definition) is 2. The fraction of sp³-hybridized carbons (Fsp3) is 0.682. The first-order valence-electron chi connectivity index (χ1n) is 10.7. The minimum Gasteiger partial charge on any atom is -0.381 e. The molecule has 5 heteroatoms. The monoisotopic (exact) mass is 373 g/mol. The quantitative estimate of drug-likeness (QED) is 0.564. The smallest absolute Gasteiger partial charge is 0.191 e. The number of aliphatic imine (C=N–C) groups is 1. The highest BCUT2D eigenvalue weighted by Crippen LogP contribution is 2.17. The second kappa shape index (κ2) is 11.3. The van der Waals surface area contributed by atoms with E-state index >= 15 is 0 Å². The van der Waals surface area contributed by atoms with Gasteiger partial charge in [-0.1, -0.05) is 43.5 Å². The van der Waals surface area contributed by atoms with E-state index in [9.17, 15) is 0 Å². The normalized spacial score (nSPS) is 19.8. The van der Waals surface area contributed by atoms with E-state index in [4.69, 9.17) is 14.5 Å². The molecule has 2 N–H and O–H groups in total. The van der Waals surface area contributed by atoms with E-state index in [1.165, 1.54) is 43.2 Å². The van der Waals surface area contributed by atoms with Crippen molar-refractivity contribution >= 4 is 5.96 Å². The first-order valence-corrected chi connectivity index (χ1v) is 10.7. The molecular formula is C22H35N3O2. The van der Waals surface area contributed by atoms with Crippen molar-refractivity contribution in [3.05, 3.63) is 35.4 Å². The Labute approximate surface area is 163 Å². The van der Waals surface area contributed by atoms with E-state index in [1.54, 1.807) is 0 Å². The van der Waals surface area contributed by atoms with Gasteiger partial charge in [-0.25, -0.2) is 4.99 Å². The Kier molecular flexibility index (Phi) is 8.43. The molecule has 1 saturated heterocycles. The van der Waals surface area contributed by atoms with Gasteiger partial charge >= 0.3 is 0 Å². The van der Waals surface area contributed by atoms with Crippen LogP contribution in [-0.2, 0) is 22.6 Å². The number of benzene rings is 1. The minimum absolute atomic E-state index is 0.344. The molecule has 0 amide bonds. The Morgan fingerprint density at radius 3 is 2.44 bits per heavy atom. The van der Waals surface area contributed by atoms with E-state index in [0.717, 1.165) is 38.6 Å². The van der Waals surface area contributed by atoms with Crippen LogP contribution in [0.5, 0.6) is 0 Å². The predicted octanol–water partition coefficient (Wildman–Crippen LogP) is 3.77. The molecule has 0 unspecified atom stereocenters. The summed E-state index contributed by atoms with van der Waals surface area (Å²) >= 11 is 0. The zero-order valence-corrected chi connectivity index (χ0v) is 16.7. The van der Waals surface area contributed by atoms with Crippen LogP contribution in [0.4, 0.5) is 0 Å². The van der Waals surface area contributed by atoms with Gasteiger partial charge in [-0.3, -0.25) is 0 Å². The molecule has 0 radical (unpaired) electrons. The number of guanidine groups is 1. The van der Waals surface area contributed by atoms with Crippen LogP contribution in [-0.4, -0.2) is 37.9 Å². The van der Waals surface area contributed by atoms with Gasteiger partial charge in [-0.2, -0.15) is 0 Å². The Morgan fingerprint density at radius 2 is 1.74 bits per heavy atom. The third kappa shape index (κ3) is 7.15. The highest BCUT2D eigenvalue weighted by atomic mass is 16.5. The number of rotatable bonds is 7. The molecule has 0 bridgehead atoms. The van der Waals surface area contributed by atoms with Crippen molar-refractivity contribution in [3.8, 4) is 0 Å². The standard InChI is InChI=1S/C22H35N3O2/c1-2-23-22(25-20-6-4-3-5-7-20)24-16-18-8-10-19(11-9-18)17-27-21-12-14-26-15-13-21/h8-11,20-21H,2-7,12-17H2,1H3,(H2,23,24,25). The lowest BCUT2D eigenvalue weighted by molar-refractivity contribution is -0.0390. The number of nitrogens with zero attached hydrogens (tertiary/aromatic N) is 1. The molecule has 2 fully saturated rings. The highest BCUT2D eigenvalue weighted by molar-refractivity contribution is 5.80. The van der Waals surface area contributed by atoms with E-state index in [2.05, 4.69) is 41.8 Å². The lowest BCUT2D eigenvalue weighted by atomic mass is 9.96. The lowest BCUT2D eigenvalue weighted by Gasteiger charge is -2.24. The van der Waals surface area contributed by atoms with Crippen molar-refractivity contribution in [2.75, 3.05) is 19.8 Å². The summed E-state index contributed by atoms with van der Waals surface area (Å²) in [7, 11) is 0. The van der Waals surface area contributed by atoms with Crippen molar-refractivity contribution in [2.45, 2.75) is 77.2 Å². The van der Waals surface area contributed by atoms with Crippen LogP contribution in [0.3, 0.4) is 0 Å². The number of ether oxygens (including phenoxy) is 2. The van der Waals surface area contributed by atoms with Crippen molar-refractivity contribution in [3.63, 3.8) is 0 Å². The maximum Gasteiger partial charge on any atom is 0.191 e. The topological polar surface area (TPSA) is 54.9 Å². The van der Waals surface area contributed by atoms with Crippen LogP contribution in [0, 0.1) is 0 Å².